The van der Waals surface area contributed by atoms with Crippen LogP contribution in [0.25, 0.3) is 0 Å². The highest BCUT2D eigenvalue weighted by Gasteiger charge is 2.23. The summed E-state index contributed by atoms with van der Waals surface area (Å²) < 4.78 is 0. The van der Waals surface area contributed by atoms with Crippen LogP contribution < -0.4 is 5.32 Å². The van der Waals surface area contributed by atoms with E-state index in [1.54, 1.807) is 24.3 Å². The quantitative estimate of drug-likeness (QED) is 0.863. The number of carbonyl (C=O) groups excluding carboxylic acids is 1. The Bertz CT molecular complexity index is 495. The highest BCUT2D eigenvalue weighted by molar-refractivity contribution is 6.20. The van der Waals surface area contributed by atoms with Gasteiger partial charge in [0.15, 0.2) is 0 Å². The van der Waals surface area contributed by atoms with Gasteiger partial charge in [-0.2, -0.15) is 5.26 Å². The molecule has 1 aromatic carbocycles. The lowest BCUT2D eigenvalue weighted by Gasteiger charge is -2.27. The van der Waals surface area contributed by atoms with E-state index in [0.717, 1.165) is 12.8 Å². The number of carbonyl (C=O) groups is 1. The van der Waals surface area contributed by atoms with Crippen molar-refractivity contribution in [2.75, 3.05) is 6.54 Å². The first-order chi connectivity index (χ1) is 9.20. The Kier molecular flexibility index (Phi) is 4.81. The molecular formula is C15H17ClN2O. The van der Waals surface area contributed by atoms with Gasteiger partial charge in [-0.15, -0.1) is 11.6 Å². The van der Waals surface area contributed by atoms with E-state index in [4.69, 9.17) is 16.9 Å². The largest absolute Gasteiger partial charge is 0.352 e. The third-order valence-corrected chi connectivity index (χ3v) is 4.17. The van der Waals surface area contributed by atoms with E-state index in [1.165, 1.54) is 12.8 Å². The lowest BCUT2D eigenvalue weighted by Crippen LogP contribution is -2.34. The Balaban J connectivity index is 1.92. The van der Waals surface area contributed by atoms with Gasteiger partial charge in [-0.25, -0.2) is 0 Å². The average molecular weight is 277 g/mol. The molecule has 0 bridgehead atoms. The topological polar surface area (TPSA) is 52.9 Å². The predicted molar refractivity (Wildman–Crippen MR) is 75.1 cm³/mol. The lowest BCUT2D eigenvalue weighted by atomic mass is 9.88. The van der Waals surface area contributed by atoms with Crippen molar-refractivity contribution in [1.82, 2.24) is 5.32 Å². The van der Waals surface area contributed by atoms with Crippen molar-refractivity contribution >= 4 is 17.5 Å². The molecule has 100 valence electrons. The van der Waals surface area contributed by atoms with Gasteiger partial charge in [0, 0.05) is 17.5 Å². The molecule has 2 rings (SSSR count). The number of hydrogen-bond acceptors (Lipinski definition) is 2. The van der Waals surface area contributed by atoms with Crippen molar-refractivity contribution in [3.8, 4) is 6.07 Å². The minimum atomic E-state index is -0.133. The second kappa shape index (κ2) is 6.58. The zero-order valence-electron chi connectivity index (χ0n) is 10.7. The second-order valence-corrected chi connectivity index (χ2v) is 5.52. The summed E-state index contributed by atoms with van der Waals surface area (Å²) in [4.78, 5) is 12.0. The van der Waals surface area contributed by atoms with E-state index in [2.05, 4.69) is 5.32 Å². The molecule has 3 nitrogen and oxygen atoms in total. The van der Waals surface area contributed by atoms with Crippen LogP contribution in [0.2, 0.25) is 0 Å². The monoisotopic (exact) mass is 276 g/mol. The van der Waals surface area contributed by atoms with E-state index in [-0.39, 0.29) is 11.3 Å². The van der Waals surface area contributed by atoms with Gasteiger partial charge < -0.3 is 5.32 Å². The van der Waals surface area contributed by atoms with Crippen LogP contribution in [0.4, 0.5) is 0 Å². The summed E-state index contributed by atoms with van der Waals surface area (Å²) in [6.45, 7) is 0.615. The maximum Gasteiger partial charge on any atom is 0.251 e. The molecule has 0 aromatic heterocycles. The van der Waals surface area contributed by atoms with Gasteiger partial charge in [-0.1, -0.05) is 18.9 Å². The highest BCUT2D eigenvalue weighted by Crippen LogP contribution is 2.28. The molecule has 1 fully saturated rings. The Morgan fingerprint density at radius 1 is 1.42 bits per heavy atom. The molecule has 0 radical (unpaired) electrons. The van der Waals surface area contributed by atoms with Crippen LogP contribution in [-0.4, -0.2) is 17.8 Å². The first-order valence-electron chi connectivity index (χ1n) is 6.63. The van der Waals surface area contributed by atoms with Crippen molar-refractivity contribution < 1.29 is 4.79 Å². The standard InChI is InChI=1S/C15H17ClN2O/c16-14-7-2-1-5-13(14)10-18-15(19)12-6-3-4-11(8-12)9-17/h3-4,6,8,13-14H,1-2,5,7,10H2,(H,18,19). The van der Waals surface area contributed by atoms with E-state index >= 15 is 0 Å². The highest BCUT2D eigenvalue weighted by atomic mass is 35.5. The second-order valence-electron chi connectivity index (χ2n) is 4.96. The van der Waals surface area contributed by atoms with Crippen molar-refractivity contribution in [3.63, 3.8) is 0 Å². The number of rotatable bonds is 3. The molecule has 1 amide bonds. The van der Waals surface area contributed by atoms with Crippen LogP contribution in [-0.2, 0) is 0 Å². The lowest BCUT2D eigenvalue weighted by molar-refractivity contribution is 0.0944. The molecule has 4 heteroatoms. The van der Waals surface area contributed by atoms with Gasteiger partial charge in [0.05, 0.1) is 11.6 Å². The van der Waals surface area contributed by atoms with Gasteiger partial charge in [0.25, 0.3) is 5.91 Å². The normalized spacial score (nSPS) is 22.5. The number of nitrogens with one attached hydrogen (secondary N) is 1. The maximum atomic E-state index is 12.0. The molecule has 0 aliphatic heterocycles. The summed E-state index contributed by atoms with van der Waals surface area (Å²) in [7, 11) is 0. The van der Waals surface area contributed by atoms with Crippen molar-refractivity contribution in [2.24, 2.45) is 5.92 Å². The molecule has 1 N–H and O–H groups in total. The Hall–Kier alpha value is -1.53. The summed E-state index contributed by atoms with van der Waals surface area (Å²) in [5.41, 5.74) is 1.03. The summed E-state index contributed by atoms with van der Waals surface area (Å²) in [5, 5.41) is 11.9. The number of hydrogen-bond donors (Lipinski definition) is 1. The van der Waals surface area contributed by atoms with Crippen molar-refractivity contribution in [2.45, 2.75) is 31.1 Å². The Morgan fingerprint density at radius 2 is 2.21 bits per heavy atom. The summed E-state index contributed by atoms with van der Waals surface area (Å²) in [6.07, 6.45) is 4.48. The molecule has 1 aliphatic rings. The van der Waals surface area contributed by atoms with Crippen molar-refractivity contribution in [3.05, 3.63) is 35.4 Å². The molecule has 0 spiro atoms. The first kappa shape index (κ1) is 13.9. The molecule has 1 aromatic rings. The molecule has 2 atom stereocenters. The van der Waals surface area contributed by atoms with Crippen LogP contribution in [0.3, 0.4) is 0 Å². The van der Waals surface area contributed by atoms with Crippen molar-refractivity contribution in [1.29, 1.82) is 5.26 Å². The molecule has 1 aliphatic carbocycles. The fraction of sp³-hybridized carbons (Fsp3) is 0.467. The fourth-order valence-corrected chi connectivity index (χ4v) is 2.82. The number of halogens is 1. The van der Waals surface area contributed by atoms with Crippen LogP contribution in [0.5, 0.6) is 0 Å². The van der Waals surface area contributed by atoms with E-state index < -0.39 is 0 Å². The number of nitrogens with zero attached hydrogens (tertiary/aromatic N) is 1. The Morgan fingerprint density at radius 3 is 2.95 bits per heavy atom. The maximum absolute atomic E-state index is 12.0. The SMILES string of the molecule is N#Cc1cccc(C(=O)NCC2CCCCC2Cl)c1. The van der Waals surface area contributed by atoms with Gasteiger partial charge in [-0.3, -0.25) is 4.79 Å². The first-order valence-corrected chi connectivity index (χ1v) is 7.07. The summed E-state index contributed by atoms with van der Waals surface area (Å²) in [6, 6.07) is 8.76. The third-order valence-electron chi connectivity index (χ3n) is 3.59. The van der Waals surface area contributed by atoms with Crippen LogP contribution in [0.15, 0.2) is 24.3 Å². The number of alkyl halides is 1. The number of benzene rings is 1. The van der Waals surface area contributed by atoms with Crippen LogP contribution >= 0.6 is 11.6 Å². The van der Waals surface area contributed by atoms with E-state index in [1.807, 2.05) is 6.07 Å². The van der Waals surface area contributed by atoms with Gasteiger partial charge in [0.1, 0.15) is 0 Å². The van der Waals surface area contributed by atoms with E-state index in [9.17, 15) is 4.79 Å². The number of nitriles is 1. The minimum absolute atomic E-state index is 0.133. The molecular weight excluding hydrogens is 260 g/mol. The average Bonchev–Trinajstić information content (AvgIpc) is 2.46. The third kappa shape index (κ3) is 3.71. The minimum Gasteiger partial charge on any atom is -0.352 e. The summed E-state index contributed by atoms with van der Waals surface area (Å²) in [5.74, 6) is 0.227. The number of amides is 1. The molecule has 2 unspecified atom stereocenters. The zero-order valence-corrected chi connectivity index (χ0v) is 11.5. The van der Waals surface area contributed by atoms with E-state index in [0.29, 0.717) is 23.6 Å². The zero-order chi connectivity index (χ0) is 13.7. The van der Waals surface area contributed by atoms with Crippen LogP contribution in [0, 0.1) is 17.2 Å². The summed E-state index contributed by atoms with van der Waals surface area (Å²) >= 11 is 6.27. The predicted octanol–water partition coefficient (Wildman–Crippen LogP) is 3.09. The fourth-order valence-electron chi connectivity index (χ4n) is 2.45. The smallest absolute Gasteiger partial charge is 0.251 e. The molecule has 0 heterocycles. The van der Waals surface area contributed by atoms with Gasteiger partial charge in [0.2, 0.25) is 0 Å². The molecule has 1 saturated carbocycles. The Labute approximate surface area is 118 Å². The van der Waals surface area contributed by atoms with Crippen LogP contribution in [0.1, 0.15) is 41.6 Å². The molecule has 0 saturated heterocycles. The molecule has 19 heavy (non-hydrogen) atoms. The van der Waals surface area contributed by atoms with Gasteiger partial charge in [-0.05, 0) is 37.0 Å². The van der Waals surface area contributed by atoms with Gasteiger partial charge >= 0.3 is 0 Å².